The van der Waals surface area contributed by atoms with Gasteiger partial charge in [-0.2, -0.15) is 0 Å². The van der Waals surface area contributed by atoms with E-state index in [-0.39, 0.29) is 15.6 Å². The molecule has 0 aliphatic heterocycles. The average molecular weight is 291 g/mol. The van der Waals surface area contributed by atoms with E-state index in [1.807, 2.05) is 0 Å². The highest BCUT2D eigenvalue weighted by Crippen LogP contribution is 2.29. The van der Waals surface area contributed by atoms with Crippen LogP contribution in [0, 0.1) is 0 Å². The molecule has 3 N–H and O–H groups in total. The summed E-state index contributed by atoms with van der Waals surface area (Å²) >= 11 is 6.75. The zero-order valence-corrected chi connectivity index (χ0v) is 10.7. The number of nitrogens with one attached hydrogen (secondary N) is 1. The summed E-state index contributed by atoms with van der Waals surface area (Å²) in [6.45, 7) is 0. The van der Waals surface area contributed by atoms with Crippen molar-refractivity contribution < 1.29 is 8.42 Å². The van der Waals surface area contributed by atoms with Crippen LogP contribution in [0.3, 0.4) is 0 Å². The van der Waals surface area contributed by atoms with E-state index in [2.05, 4.69) is 14.3 Å². The topological polar surface area (TPSA) is 98.0 Å². The van der Waals surface area contributed by atoms with E-state index in [9.17, 15) is 8.42 Å². The van der Waals surface area contributed by atoms with Gasteiger partial charge < -0.3 is 5.73 Å². The van der Waals surface area contributed by atoms with Crippen molar-refractivity contribution in [1.82, 2.24) is 9.59 Å². The molecule has 0 aliphatic carbocycles. The van der Waals surface area contributed by atoms with Gasteiger partial charge in [-0.05, 0) is 12.1 Å². The van der Waals surface area contributed by atoms with Gasteiger partial charge in [0.2, 0.25) is 0 Å². The minimum absolute atomic E-state index is 0.0648. The number of nitrogens with two attached hydrogens (primary N) is 1. The first-order valence-corrected chi connectivity index (χ1v) is 6.98. The fourth-order valence-electron chi connectivity index (χ4n) is 1.20. The second-order valence-corrected chi connectivity index (χ2v) is 5.86. The summed E-state index contributed by atoms with van der Waals surface area (Å²) in [6.07, 6.45) is 1.30. The highest BCUT2D eigenvalue weighted by molar-refractivity contribution is 7.93. The van der Waals surface area contributed by atoms with Crippen LogP contribution in [0.4, 0.5) is 10.7 Å². The number of hydrogen-bond donors (Lipinski definition) is 2. The number of nitrogens with zero attached hydrogens (tertiary/aromatic N) is 2. The van der Waals surface area contributed by atoms with Gasteiger partial charge in [0.05, 0.1) is 16.9 Å². The van der Waals surface area contributed by atoms with Gasteiger partial charge in [-0.25, -0.2) is 8.42 Å². The van der Waals surface area contributed by atoms with E-state index < -0.39 is 10.0 Å². The van der Waals surface area contributed by atoms with E-state index in [0.717, 1.165) is 11.5 Å². The molecule has 1 aromatic carbocycles. The monoisotopic (exact) mass is 290 g/mol. The molecule has 0 atom stereocenters. The molecule has 0 saturated heterocycles. The summed E-state index contributed by atoms with van der Waals surface area (Å²) in [5.74, 6) is 0. The van der Waals surface area contributed by atoms with Crippen molar-refractivity contribution in [3.05, 3.63) is 29.4 Å². The molecule has 0 bridgehead atoms. The summed E-state index contributed by atoms with van der Waals surface area (Å²) < 4.78 is 29.9. The maximum absolute atomic E-state index is 12.0. The molecular weight excluding hydrogens is 284 g/mol. The number of anilines is 2. The Balaban J connectivity index is 2.45. The third-order valence-electron chi connectivity index (χ3n) is 1.86. The Morgan fingerprint density at radius 3 is 2.76 bits per heavy atom. The predicted molar refractivity (Wildman–Crippen MR) is 66.6 cm³/mol. The van der Waals surface area contributed by atoms with Gasteiger partial charge in [0.25, 0.3) is 10.0 Å². The van der Waals surface area contributed by atoms with E-state index in [0.29, 0.717) is 5.00 Å². The van der Waals surface area contributed by atoms with Crippen molar-refractivity contribution in [2.24, 2.45) is 0 Å². The molecule has 1 heterocycles. The summed E-state index contributed by atoms with van der Waals surface area (Å²) in [5.41, 5.74) is 5.69. The molecule has 0 amide bonds. The van der Waals surface area contributed by atoms with Crippen LogP contribution in [0.1, 0.15) is 0 Å². The molecule has 1 aromatic heterocycles. The molecule has 0 aliphatic rings. The average Bonchev–Trinajstić information content (AvgIpc) is 2.68. The van der Waals surface area contributed by atoms with Gasteiger partial charge in [0.1, 0.15) is 9.90 Å². The lowest BCUT2D eigenvalue weighted by atomic mass is 10.3. The Hall–Kier alpha value is -1.38. The minimum atomic E-state index is -3.82. The molecule has 0 saturated carbocycles. The Kier molecular flexibility index (Phi) is 3.18. The first-order valence-electron chi connectivity index (χ1n) is 4.35. The van der Waals surface area contributed by atoms with Gasteiger partial charge in [-0.3, -0.25) is 4.72 Å². The lowest BCUT2D eigenvalue weighted by molar-refractivity contribution is 0.602. The third kappa shape index (κ3) is 2.48. The largest absolute Gasteiger partial charge is 0.398 e. The van der Waals surface area contributed by atoms with Crippen molar-refractivity contribution in [2.75, 3.05) is 10.5 Å². The minimum Gasteiger partial charge on any atom is -0.398 e. The quantitative estimate of drug-likeness (QED) is 0.836. The van der Waals surface area contributed by atoms with Crippen LogP contribution < -0.4 is 10.5 Å². The Labute approximate surface area is 107 Å². The molecule has 2 aromatic rings. The lowest BCUT2D eigenvalue weighted by Crippen LogP contribution is -2.14. The first kappa shape index (κ1) is 12.1. The third-order valence-corrected chi connectivity index (χ3v) is 4.48. The molecule has 17 heavy (non-hydrogen) atoms. The molecular formula is C8H7ClN4O2S2. The summed E-state index contributed by atoms with van der Waals surface area (Å²) in [6, 6.07) is 4.49. The normalized spacial score (nSPS) is 11.4. The molecule has 90 valence electrons. The number of sulfonamides is 1. The van der Waals surface area contributed by atoms with Crippen molar-refractivity contribution in [3.8, 4) is 0 Å². The number of halogens is 1. The molecule has 0 spiro atoms. The van der Waals surface area contributed by atoms with Gasteiger partial charge >= 0.3 is 0 Å². The molecule has 2 rings (SSSR count). The fourth-order valence-corrected chi connectivity index (χ4v) is 3.57. The molecule has 9 heteroatoms. The van der Waals surface area contributed by atoms with Crippen LogP contribution in [0.25, 0.3) is 0 Å². The van der Waals surface area contributed by atoms with Crippen LogP contribution in [-0.4, -0.2) is 18.0 Å². The Bertz CT molecular complexity index is 607. The Morgan fingerprint density at radius 1 is 1.41 bits per heavy atom. The standard InChI is InChI=1S/C8H7ClN4O2S2/c9-5-2-1-3-6(10)8(5)17(14,15)12-7-4-11-13-16-7/h1-4,12H,10H2. The predicted octanol–water partition coefficient (Wildman–Crippen LogP) is 1.57. The van der Waals surface area contributed by atoms with Gasteiger partial charge in [-0.15, -0.1) is 5.10 Å². The van der Waals surface area contributed by atoms with Crippen LogP contribution in [0.15, 0.2) is 29.3 Å². The number of aromatic nitrogens is 2. The van der Waals surface area contributed by atoms with Crippen LogP contribution in [0.5, 0.6) is 0 Å². The zero-order chi connectivity index (χ0) is 12.5. The van der Waals surface area contributed by atoms with Crippen molar-refractivity contribution in [2.45, 2.75) is 4.90 Å². The number of rotatable bonds is 3. The molecule has 0 radical (unpaired) electrons. The molecule has 6 nitrogen and oxygen atoms in total. The second kappa shape index (κ2) is 4.47. The maximum Gasteiger partial charge on any atom is 0.266 e. The highest BCUT2D eigenvalue weighted by Gasteiger charge is 2.21. The summed E-state index contributed by atoms with van der Waals surface area (Å²) in [5, 5.41) is 3.88. The second-order valence-electron chi connectivity index (χ2n) is 3.05. The van der Waals surface area contributed by atoms with E-state index in [1.54, 1.807) is 6.07 Å². The fraction of sp³-hybridized carbons (Fsp3) is 0. The Morgan fingerprint density at radius 2 is 2.18 bits per heavy atom. The maximum atomic E-state index is 12.0. The van der Waals surface area contributed by atoms with E-state index in [4.69, 9.17) is 17.3 Å². The van der Waals surface area contributed by atoms with Gasteiger partial charge in [0.15, 0.2) is 0 Å². The lowest BCUT2D eigenvalue weighted by Gasteiger charge is -2.09. The molecule has 0 unspecified atom stereocenters. The van der Waals surface area contributed by atoms with E-state index >= 15 is 0 Å². The number of nitrogen functional groups attached to an aromatic ring is 1. The summed E-state index contributed by atoms with van der Waals surface area (Å²) in [4.78, 5) is -0.143. The number of hydrogen-bond acceptors (Lipinski definition) is 6. The van der Waals surface area contributed by atoms with Crippen LogP contribution in [-0.2, 0) is 10.0 Å². The molecule has 0 fully saturated rings. The smallest absolute Gasteiger partial charge is 0.266 e. The van der Waals surface area contributed by atoms with Gasteiger partial charge in [-0.1, -0.05) is 22.2 Å². The van der Waals surface area contributed by atoms with Crippen LogP contribution >= 0.6 is 23.1 Å². The van der Waals surface area contributed by atoms with Crippen molar-refractivity contribution in [1.29, 1.82) is 0 Å². The number of benzene rings is 1. The van der Waals surface area contributed by atoms with Crippen LogP contribution in [0.2, 0.25) is 5.02 Å². The van der Waals surface area contributed by atoms with Gasteiger partial charge in [0, 0.05) is 11.5 Å². The summed E-state index contributed by atoms with van der Waals surface area (Å²) in [7, 11) is -3.82. The van der Waals surface area contributed by atoms with E-state index in [1.165, 1.54) is 18.3 Å². The first-order chi connectivity index (χ1) is 8.00. The SMILES string of the molecule is Nc1cccc(Cl)c1S(=O)(=O)Nc1cnns1. The zero-order valence-electron chi connectivity index (χ0n) is 8.29. The highest BCUT2D eigenvalue weighted by atomic mass is 35.5. The van der Waals surface area contributed by atoms with Crippen molar-refractivity contribution >= 4 is 43.8 Å². The van der Waals surface area contributed by atoms with Crippen molar-refractivity contribution in [3.63, 3.8) is 0 Å².